The average molecular weight is 624 g/mol. The lowest BCUT2D eigenvalue weighted by Crippen LogP contribution is -2.42. The molecule has 1 atom stereocenters. The van der Waals surface area contributed by atoms with Gasteiger partial charge in [-0.2, -0.15) is 0 Å². The van der Waals surface area contributed by atoms with E-state index in [0.29, 0.717) is 60.4 Å². The Labute approximate surface area is 266 Å². The van der Waals surface area contributed by atoms with Crippen LogP contribution >= 0.6 is 0 Å². The highest BCUT2D eigenvalue weighted by atomic mass is 16.5. The molecule has 4 rings (SSSR count). The Hall–Kier alpha value is -3.93. The number of carbonyl (C=O) groups is 3. The van der Waals surface area contributed by atoms with Crippen molar-refractivity contribution in [3.05, 3.63) is 29.7 Å². The summed E-state index contributed by atoms with van der Waals surface area (Å²) in [5.41, 5.74) is -0.500. The Kier molecular flexibility index (Phi) is 10.6. The zero-order chi connectivity index (χ0) is 32.9. The number of imidazole rings is 1. The first-order valence-corrected chi connectivity index (χ1v) is 15.7. The molecule has 246 valence electrons. The highest BCUT2D eigenvalue weighted by Crippen LogP contribution is 2.38. The largest absolute Gasteiger partial charge is 0.493 e. The fourth-order valence-corrected chi connectivity index (χ4v) is 5.74. The first-order valence-electron chi connectivity index (χ1n) is 15.7. The van der Waals surface area contributed by atoms with Crippen LogP contribution in [-0.4, -0.2) is 96.8 Å². The molecule has 0 saturated carbocycles. The summed E-state index contributed by atoms with van der Waals surface area (Å²) in [6, 6.07) is 3.49. The average Bonchev–Trinajstić information content (AvgIpc) is 3.59. The number of fused-ring (bicyclic) bond motifs is 2. The van der Waals surface area contributed by atoms with Gasteiger partial charge in [0, 0.05) is 44.0 Å². The molecule has 45 heavy (non-hydrogen) atoms. The van der Waals surface area contributed by atoms with Crippen molar-refractivity contribution in [2.24, 2.45) is 17.5 Å². The van der Waals surface area contributed by atoms with Gasteiger partial charge in [0.2, 0.25) is 11.8 Å². The van der Waals surface area contributed by atoms with Crippen LogP contribution in [0.5, 0.6) is 11.5 Å². The van der Waals surface area contributed by atoms with Gasteiger partial charge in [0.1, 0.15) is 11.2 Å². The van der Waals surface area contributed by atoms with E-state index in [0.717, 1.165) is 32.4 Å². The molecule has 2 aliphatic rings. The van der Waals surface area contributed by atoms with Crippen molar-refractivity contribution in [1.29, 1.82) is 0 Å². The van der Waals surface area contributed by atoms with Crippen LogP contribution < -0.4 is 20.1 Å². The second-order valence-electron chi connectivity index (χ2n) is 13.4. The quantitative estimate of drug-likeness (QED) is 0.305. The van der Waals surface area contributed by atoms with E-state index in [1.807, 2.05) is 60.0 Å². The van der Waals surface area contributed by atoms with Gasteiger partial charge in [0.05, 0.1) is 31.0 Å². The first kappa shape index (κ1) is 34.0. The van der Waals surface area contributed by atoms with Gasteiger partial charge in [0.25, 0.3) is 5.91 Å². The molecule has 0 aliphatic carbocycles. The SMILES string of the molecule is COc1cc2c(cc1OCCCC(C)(C)C(=O)Nc1cn(C)c(C(C)(C)C(=O)NCCCN(C)C)n1)N=CC1CCCN1C2=O. The van der Waals surface area contributed by atoms with Crippen LogP contribution in [-0.2, 0) is 22.1 Å². The lowest BCUT2D eigenvalue weighted by molar-refractivity contribution is -0.126. The van der Waals surface area contributed by atoms with Crippen molar-refractivity contribution >= 4 is 35.4 Å². The van der Waals surface area contributed by atoms with Crippen LogP contribution in [0.15, 0.2) is 23.3 Å². The number of hydrogen-bond acceptors (Lipinski definition) is 8. The Morgan fingerprint density at radius 3 is 2.58 bits per heavy atom. The number of anilines is 1. The number of carbonyl (C=O) groups excluding carboxylic acids is 3. The molecule has 1 unspecified atom stereocenters. The van der Waals surface area contributed by atoms with Gasteiger partial charge in [-0.05, 0) is 72.7 Å². The van der Waals surface area contributed by atoms with E-state index in [2.05, 4.69) is 25.5 Å². The minimum atomic E-state index is -0.880. The smallest absolute Gasteiger partial charge is 0.256 e. The molecular formula is C33H49N7O5. The number of nitrogens with one attached hydrogen (secondary N) is 2. The molecule has 1 aromatic heterocycles. The van der Waals surface area contributed by atoms with Gasteiger partial charge < -0.3 is 34.5 Å². The third-order valence-electron chi connectivity index (χ3n) is 8.59. The summed E-state index contributed by atoms with van der Waals surface area (Å²) < 4.78 is 13.4. The maximum absolute atomic E-state index is 13.3. The zero-order valence-corrected chi connectivity index (χ0v) is 28.0. The Morgan fingerprint density at radius 2 is 1.87 bits per heavy atom. The minimum absolute atomic E-state index is 0.0281. The zero-order valence-electron chi connectivity index (χ0n) is 28.0. The van der Waals surface area contributed by atoms with Gasteiger partial charge in [-0.25, -0.2) is 4.98 Å². The molecule has 0 radical (unpaired) electrons. The predicted octanol–water partition coefficient (Wildman–Crippen LogP) is 3.92. The number of rotatable bonds is 14. The number of aryl methyl sites for hydroxylation is 1. The molecule has 1 fully saturated rings. The van der Waals surface area contributed by atoms with E-state index in [9.17, 15) is 14.4 Å². The van der Waals surface area contributed by atoms with E-state index in [-0.39, 0.29) is 23.8 Å². The number of benzene rings is 1. The van der Waals surface area contributed by atoms with Crippen LogP contribution in [0.3, 0.4) is 0 Å². The summed E-state index contributed by atoms with van der Waals surface area (Å²) in [6.45, 7) is 9.98. The van der Waals surface area contributed by atoms with Crippen LogP contribution in [0.25, 0.3) is 0 Å². The third kappa shape index (κ3) is 7.84. The number of hydrogen-bond donors (Lipinski definition) is 2. The van der Waals surface area contributed by atoms with Crippen LogP contribution in [0.1, 0.15) is 76.0 Å². The van der Waals surface area contributed by atoms with Gasteiger partial charge in [-0.1, -0.05) is 13.8 Å². The van der Waals surface area contributed by atoms with E-state index in [1.165, 1.54) is 0 Å². The van der Waals surface area contributed by atoms with Crippen molar-refractivity contribution in [1.82, 2.24) is 24.7 Å². The standard InChI is InChI=1S/C33H49N7O5/c1-32(2,30(42)37-27-21-39(7)29(36-27)33(3,4)31(43)34-14-11-15-38(5)6)13-10-17-45-26-19-24-23(18-25(26)44-8)28(41)40-16-9-12-22(40)20-35-24/h18-22H,9-17H2,1-8H3,(H,34,43)(H,37,42). The molecule has 0 spiro atoms. The van der Waals surface area contributed by atoms with Gasteiger partial charge in [-0.15, -0.1) is 0 Å². The van der Waals surface area contributed by atoms with Crippen molar-refractivity contribution in [3.8, 4) is 11.5 Å². The summed E-state index contributed by atoms with van der Waals surface area (Å²) in [5, 5.41) is 5.94. The summed E-state index contributed by atoms with van der Waals surface area (Å²) >= 11 is 0. The maximum Gasteiger partial charge on any atom is 0.256 e. The summed E-state index contributed by atoms with van der Waals surface area (Å²) in [4.78, 5) is 52.5. The second-order valence-corrected chi connectivity index (χ2v) is 13.4. The highest BCUT2D eigenvalue weighted by molar-refractivity contribution is 6.03. The van der Waals surface area contributed by atoms with Crippen molar-refractivity contribution in [2.45, 2.75) is 71.3 Å². The van der Waals surface area contributed by atoms with Crippen molar-refractivity contribution < 1.29 is 23.9 Å². The Bertz CT molecular complexity index is 1430. The van der Waals surface area contributed by atoms with Crippen molar-refractivity contribution in [3.63, 3.8) is 0 Å². The first-order chi connectivity index (χ1) is 21.2. The molecule has 1 saturated heterocycles. The number of nitrogens with zero attached hydrogens (tertiary/aromatic N) is 5. The lowest BCUT2D eigenvalue weighted by Gasteiger charge is -2.24. The molecular weight excluding hydrogens is 574 g/mol. The summed E-state index contributed by atoms with van der Waals surface area (Å²) in [6.07, 6.45) is 7.49. The monoisotopic (exact) mass is 623 g/mol. The number of methoxy groups -OCH3 is 1. The molecule has 3 heterocycles. The van der Waals surface area contributed by atoms with Crippen LogP contribution in [0, 0.1) is 5.41 Å². The number of aromatic nitrogens is 2. The molecule has 1 aromatic carbocycles. The number of amides is 3. The van der Waals surface area contributed by atoms with Crippen LogP contribution in [0.2, 0.25) is 0 Å². The Balaban J connectivity index is 1.32. The molecule has 2 aliphatic heterocycles. The molecule has 3 amide bonds. The summed E-state index contributed by atoms with van der Waals surface area (Å²) in [7, 11) is 7.37. The topological polar surface area (TPSA) is 130 Å². The van der Waals surface area contributed by atoms with Gasteiger partial charge in [-0.3, -0.25) is 19.4 Å². The molecule has 2 aromatic rings. The van der Waals surface area contributed by atoms with E-state index in [1.54, 1.807) is 30.0 Å². The van der Waals surface area contributed by atoms with Crippen molar-refractivity contribution in [2.75, 3.05) is 52.8 Å². The van der Waals surface area contributed by atoms with Crippen LogP contribution in [0.4, 0.5) is 11.5 Å². The predicted molar refractivity (Wildman–Crippen MR) is 175 cm³/mol. The molecule has 12 nitrogen and oxygen atoms in total. The molecule has 2 N–H and O–H groups in total. The number of ether oxygens (including phenoxy) is 2. The highest BCUT2D eigenvalue weighted by Gasteiger charge is 2.36. The minimum Gasteiger partial charge on any atom is -0.493 e. The van der Waals surface area contributed by atoms with E-state index < -0.39 is 10.8 Å². The maximum atomic E-state index is 13.3. The lowest BCUT2D eigenvalue weighted by atomic mass is 9.87. The fourth-order valence-electron chi connectivity index (χ4n) is 5.74. The third-order valence-corrected chi connectivity index (χ3v) is 8.59. The Morgan fingerprint density at radius 1 is 1.11 bits per heavy atom. The van der Waals surface area contributed by atoms with E-state index in [4.69, 9.17) is 9.47 Å². The second kappa shape index (κ2) is 14.0. The molecule has 0 bridgehead atoms. The van der Waals surface area contributed by atoms with Gasteiger partial charge in [0.15, 0.2) is 17.3 Å². The molecule has 12 heteroatoms. The summed E-state index contributed by atoms with van der Waals surface area (Å²) in [5.74, 6) is 1.63. The fraction of sp³-hybridized carbons (Fsp3) is 0.606. The number of aliphatic imine (C=N–C) groups is 1. The van der Waals surface area contributed by atoms with Gasteiger partial charge >= 0.3 is 0 Å². The normalized spacial score (nSPS) is 16.3. The van der Waals surface area contributed by atoms with E-state index >= 15 is 0 Å².